The lowest BCUT2D eigenvalue weighted by Crippen LogP contribution is -2.30. The van der Waals surface area contributed by atoms with Crippen LogP contribution in [0.5, 0.6) is 0 Å². The van der Waals surface area contributed by atoms with Gasteiger partial charge in [0.15, 0.2) is 6.10 Å². The largest absolute Gasteiger partial charge is 0.462 e. The van der Waals surface area contributed by atoms with Crippen molar-refractivity contribution in [3.05, 3.63) is 48.6 Å². The van der Waals surface area contributed by atoms with Gasteiger partial charge in [-0.15, -0.1) is 0 Å². The minimum atomic E-state index is -0.773. The predicted molar refractivity (Wildman–Crippen MR) is 205 cm³/mol. The molecule has 0 aliphatic carbocycles. The molecule has 0 spiro atoms. The van der Waals surface area contributed by atoms with Gasteiger partial charge in [0, 0.05) is 19.3 Å². The molecule has 0 saturated carbocycles. The lowest BCUT2D eigenvalue weighted by Gasteiger charge is -2.18. The lowest BCUT2D eigenvalue weighted by molar-refractivity contribution is -0.167. The Hall–Kier alpha value is -2.63. The first-order valence-electron chi connectivity index (χ1n) is 20.1. The van der Waals surface area contributed by atoms with Crippen LogP contribution in [-0.2, 0) is 28.6 Å². The molecule has 0 amide bonds. The van der Waals surface area contributed by atoms with Gasteiger partial charge >= 0.3 is 17.9 Å². The molecule has 0 heterocycles. The number of ether oxygens (including phenoxy) is 3. The highest BCUT2D eigenvalue weighted by Crippen LogP contribution is 2.13. The fraction of sp³-hybridized carbons (Fsp3) is 0.744. The summed E-state index contributed by atoms with van der Waals surface area (Å²) in [5.41, 5.74) is 0. The molecule has 1 unspecified atom stereocenters. The summed E-state index contributed by atoms with van der Waals surface area (Å²) in [5, 5.41) is 0. The van der Waals surface area contributed by atoms with Gasteiger partial charge in [0.2, 0.25) is 0 Å². The van der Waals surface area contributed by atoms with Crippen LogP contribution in [-0.4, -0.2) is 37.2 Å². The molecule has 0 N–H and O–H groups in total. The van der Waals surface area contributed by atoms with E-state index in [-0.39, 0.29) is 31.1 Å². The van der Waals surface area contributed by atoms with E-state index in [1.807, 2.05) is 0 Å². The van der Waals surface area contributed by atoms with Gasteiger partial charge in [0.05, 0.1) is 0 Å². The second-order valence-electron chi connectivity index (χ2n) is 13.2. The highest BCUT2D eigenvalue weighted by molar-refractivity contribution is 5.71. The lowest BCUT2D eigenvalue weighted by atomic mass is 10.1. The van der Waals surface area contributed by atoms with E-state index in [1.165, 1.54) is 44.9 Å². The van der Waals surface area contributed by atoms with E-state index in [9.17, 15) is 14.4 Å². The molecule has 0 aromatic rings. The van der Waals surface area contributed by atoms with Gasteiger partial charge in [-0.05, 0) is 57.8 Å². The van der Waals surface area contributed by atoms with Crippen LogP contribution in [0.4, 0.5) is 0 Å². The van der Waals surface area contributed by atoms with Gasteiger partial charge in [-0.2, -0.15) is 0 Å². The molecule has 0 aromatic carbocycles. The van der Waals surface area contributed by atoms with Gasteiger partial charge < -0.3 is 14.2 Å². The summed E-state index contributed by atoms with van der Waals surface area (Å²) < 4.78 is 16.5. The first kappa shape index (κ1) is 46.4. The fourth-order valence-electron chi connectivity index (χ4n) is 5.31. The fourth-order valence-corrected chi connectivity index (χ4v) is 5.31. The molecular weight excluding hydrogens is 612 g/mol. The van der Waals surface area contributed by atoms with Crippen molar-refractivity contribution in [3.63, 3.8) is 0 Å². The normalized spacial score (nSPS) is 12.5. The summed E-state index contributed by atoms with van der Waals surface area (Å²) in [4.78, 5) is 37.2. The Labute approximate surface area is 301 Å². The van der Waals surface area contributed by atoms with Crippen molar-refractivity contribution in [2.45, 2.75) is 194 Å². The Balaban J connectivity index is 4.28. The molecule has 0 aliphatic heterocycles. The van der Waals surface area contributed by atoms with Gasteiger partial charge in [0.25, 0.3) is 0 Å². The molecule has 282 valence electrons. The van der Waals surface area contributed by atoms with Gasteiger partial charge in [-0.1, -0.05) is 159 Å². The van der Waals surface area contributed by atoms with Gasteiger partial charge in [-0.3, -0.25) is 14.4 Å². The van der Waals surface area contributed by atoms with Crippen molar-refractivity contribution in [1.82, 2.24) is 0 Å². The van der Waals surface area contributed by atoms with Crippen LogP contribution in [0, 0.1) is 0 Å². The van der Waals surface area contributed by atoms with Crippen LogP contribution in [0.15, 0.2) is 48.6 Å². The number of allylic oxidation sites excluding steroid dienone is 8. The van der Waals surface area contributed by atoms with E-state index in [4.69, 9.17) is 14.2 Å². The Bertz CT molecular complexity index is 887. The molecule has 49 heavy (non-hydrogen) atoms. The standard InChI is InChI=1S/C43H74O6/c1-4-7-10-13-15-17-18-19-20-21-22-23-24-26-27-30-33-36-42(45)48-39-40(38-47-41(44)35-32-29-12-9-6-3)49-43(46)37-34-31-28-25-16-14-11-8-5-2/h7,10,15,17,19-20,22-23,40H,4-6,8-9,11-14,16,18,21,24-39H2,1-3H3/b10-7-,17-15-,20-19-,23-22-. The van der Waals surface area contributed by atoms with Crippen LogP contribution in [0.2, 0.25) is 0 Å². The molecular formula is C43H74O6. The van der Waals surface area contributed by atoms with E-state index >= 15 is 0 Å². The van der Waals surface area contributed by atoms with Crippen molar-refractivity contribution in [2.75, 3.05) is 13.2 Å². The number of unbranched alkanes of at least 4 members (excludes halogenated alkanes) is 16. The average Bonchev–Trinajstić information content (AvgIpc) is 3.09. The molecule has 0 rings (SSSR count). The number of rotatable bonds is 35. The maximum Gasteiger partial charge on any atom is 0.306 e. The summed E-state index contributed by atoms with van der Waals surface area (Å²) in [6, 6.07) is 0. The predicted octanol–water partition coefficient (Wildman–Crippen LogP) is 12.4. The smallest absolute Gasteiger partial charge is 0.306 e. The van der Waals surface area contributed by atoms with Crippen LogP contribution in [0.1, 0.15) is 188 Å². The van der Waals surface area contributed by atoms with Crippen LogP contribution in [0.3, 0.4) is 0 Å². The van der Waals surface area contributed by atoms with E-state index in [0.717, 1.165) is 103 Å². The minimum Gasteiger partial charge on any atom is -0.462 e. The summed E-state index contributed by atoms with van der Waals surface area (Å²) in [7, 11) is 0. The maximum atomic E-state index is 12.6. The van der Waals surface area contributed by atoms with Crippen molar-refractivity contribution in [1.29, 1.82) is 0 Å². The quantitative estimate of drug-likeness (QED) is 0.0286. The zero-order chi connectivity index (χ0) is 35.9. The number of carbonyl (C=O) groups is 3. The third kappa shape index (κ3) is 36.5. The average molecular weight is 687 g/mol. The summed E-state index contributed by atoms with van der Waals surface area (Å²) in [6.07, 6.45) is 42.7. The second-order valence-corrected chi connectivity index (χ2v) is 13.2. The zero-order valence-corrected chi connectivity index (χ0v) is 31.9. The number of carbonyl (C=O) groups excluding carboxylic acids is 3. The Morgan fingerprint density at radius 2 is 0.796 bits per heavy atom. The molecule has 0 bridgehead atoms. The zero-order valence-electron chi connectivity index (χ0n) is 31.9. The summed E-state index contributed by atoms with van der Waals surface area (Å²) in [5.74, 6) is -0.929. The first-order valence-corrected chi connectivity index (χ1v) is 20.1. The molecule has 0 radical (unpaired) electrons. The molecule has 6 nitrogen and oxygen atoms in total. The molecule has 0 saturated heterocycles. The van der Waals surface area contributed by atoms with Crippen molar-refractivity contribution < 1.29 is 28.6 Å². The minimum absolute atomic E-state index is 0.0815. The number of hydrogen-bond donors (Lipinski definition) is 0. The third-order valence-electron chi connectivity index (χ3n) is 8.35. The van der Waals surface area contributed by atoms with Gasteiger partial charge in [-0.25, -0.2) is 0 Å². The summed E-state index contributed by atoms with van der Waals surface area (Å²) in [6.45, 7) is 6.37. The molecule has 0 aromatic heterocycles. The van der Waals surface area contributed by atoms with Gasteiger partial charge in [0.1, 0.15) is 13.2 Å². The maximum absolute atomic E-state index is 12.6. The number of esters is 3. The van der Waals surface area contributed by atoms with Crippen molar-refractivity contribution in [2.24, 2.45) is 0 Å². The molecule has 1 atom stereocenters. The third-order valence-corrected chi connectivity index (χ3v) is 8.35. The van der Waals surface area contributed by atoms with E-state index in [0.29, 0.717) is 19.3 Å². The highest BCUT2D eigenvalue weighted by atomic mass is 16.6. The highest BCUT2D eigenvalue weighted by Gasteiger charge is 2.19. The SMILES string of the molecule is CC/C=C\C/C=C\C/C=C\C/C=C\CCCCCCC(=O)OCC(COC(=O)CCCCCCC)OC(=O)CCCCCCCCCCC. The van der Waals surface area contributed by atoms with Crippen molar-refractivity contribution >= 4 is 17.9 Å². The van der Waals surface area contributed by atoms with E-state index in [2.05, 4.69) is 69.4 Å². The Kier molecular flexibility index (Phi) is 36.1. The monoisotopic (exact) mass is 687 g/mol. The van der Waals surface area contributed by atoms with Crippen LogP contribution < -0.4 is 0 Å². The van der Waals surface area contributed by atoms with Crippen LogP contribution >= 0.6 is 0 Å². The second kappa shape index (κ2) is 38.2. The van der Waals surface area contributed by atoms with Crippen molar-refractivity contribution in [3.8, 4) is 0 Å². The van der Waals surface area contributed by atoms with E-state index in [1.54, 1.807) is 0 Å². The Morgan fingerprint density at radius 1 is 0.429 bits per heavy atom. The molecule has 0 fully saturated rings. The number of hydrogen-bond acceptors (Lipinski definition) is 6. The topological polar surface area (TPSA) is 78.9 Å². The van der Waals surface area contributed by atoms with Crippen LogP contribution in [0.25, 0.3) is 0 Å². The first-order chi connectivity index (χ1) is 24.0. The molecule has 6 heteroatoms. The molecule has 0 aliphatic rings. The van der Waals surface area contributed by atoms with E-state index < -0.39 is 6.10 Å². The Morgan fingerprint density at radius 3 is 1.24 bits per heavy atom. The summed E-state index contributed by atoms with van der Waals surface area (Å²) >= 11 is 0.